The molecule has 1 atom stereocenters. The summed E-state index contributed by atoms with van der Waals surface area (Å²) in [4.78, 5) is 23.8. The van der Waals surface area contributed by atoms with Crippen molar-refractivity contribution in [2.75, 3.05) is 0 Å². The Labute approximate surface area is 139 Å². The Morgan fingerprint density at radius 1 is 1.17 bits per heavy atom. The van der Waals surface area contributed by atoms with E-state index < -0.39 is 12.0 Å². The van der Waals surface area contributed by atoms with Gasteiger partial charge in [0, 0.05) is 12.0 Å². The lowest BCUT2D eigenvalue weighted by Gasteiger charge is -2.17. The van der Waals surface area contributed by atoms with E-state index in [0.29, 0.717) is 5.69 Å². The van der Waals surface area contributed by atoms with E-state index >= 15 is 0 Å². The number of carbonyl (C=O) groups excluding carboxylic acids is 1. The predicted octanol–water partition coefficient (Wildman–Crippen LogP) is 2.89. The molecule has 1 aliphatic rings. The minimum Gasteiger partial charge on any atom is -0.481 e. The molecule has 1 aliphatic carbocycles. The second-order valence-corrected chi connectivity index (χ2v) is 6.03. The first-order chi connectivity index (χ1) is 11.6. The third-order valence-electron chi connectivity index (χ3n) is 4.30. The molecule has 2 N–H and O–H groups in total. The zero-order chi connectivity index (χ0) is 16.9. The van der Waals surface area contributed by atoms with Gasteiger partial charge < -0.3 is 14.9 Å². The van der Waals surface area contributed by atoms with Crippen LogP contribution in [0.2, 0.25) is 0 Å². The highest BCUT2D eigenvalue weighted by Crippen LogP contribution is 2.24. The number of fused-ring (bicyclic) bond motifs is 1. The first-order valence-electron chi connectivity index (χ1n) is 8.20. The molecule has 6 nitrogen and oxygen atoms in total. The largest absolute Gasteiger partial charge is 0.481 e. The number of rotatable bonds is 5. The van der Waals surface area contributed by atoms with Gasteiger partial charge in [-0.25, -0.2) is 0 Å². The van der Waals surface area contributed by atoms with Crippen LogP contribution in [0.15, 0.2) is 34.9 Å². The van der Waals surface area contributed by atoms with Crippen LogP contribution in [0.4, 0.5) is 0 Å². The molecule has 1 heterocycles. The van der Waals surface area contributed by atoms with Crippen molar-refractivity contribution >= 4 is 11.9 Å². The highest BCUT2D eigenvalue weighted by atomic mass is 16.5. The van der Waals surface area contributed by atoms with Gasteiger partial charge in [0.15, 0.2) is 5.69 Å². The SMILES string of the molecule is O=C(O)CC(NC(=O)c1noc2c1CCCCC2)c1ccccc1. The minimum absolute atomic E-state index is 0.185. The number of aromatic nitrogens is 1. The van der Waals surface area contributed by atoms with E-state index in [1.54, 1.807) is 12.1 Å². The zero-order valence-electron chi connectivity index (χ0n) is 13.3. The molecular weight excluding hydrogens is 308 g/mol. The molecular formula is C18H20N2O4. The number of carboxylic acids is 1. The van der Waals surface area contributed by atoms with Crippen LogP contribution in [0.1, 0.15) is 59.1 Å². The van der Waals surface area contributed by atoms with Gasteiger partial charge in [-0.05, 0) is 24.8 Å². The number of aryl methyl sites for hydroxylation is 1. The van der Waals surface area contributed by atoms with E-state index in [9.17, 15) is 9.59 Å². The molecule has 24 heavy (non-hydrogen) atoms. The zero-order valence-corrected chi connectivity index (χ0v) is 13.3. The summed E-state index contributed by atoms with van der Waals surface area (Å²) in [6.07, 6.45) is 4.54. The number of hydrogen-bond acceptors (Lipinski definition) is 4. The molecule has 3 rings (SSSR count). The summed E-state index contributed by atoms with van der Waals surface area (Å²) in [5.41, 5.74) is 1.91. The summed E-state index contributed by atoms with van der Waals surface area (Å²) in [5.74, 6) is -0.563. The first-order valence-corrected chi connectivity index (χ1v) is 8.20. The Kier molecular flexibility index (Phi) is 4.93. The topological polar surface area (TPSA) is 92.4 Å². The second-order valence-electron chi connectivity index (χ2n) is 6.03. The van der Waals surface area contributed by atoms with Gasteiger partial charge in [-0.2, -0.15) is 0 Å². The number of aliphatic carboxylic acids is 1. The van der Waals surface area contributed by atoms with E-state index in [-0.39, 0.29) is 12.3 Å². The van der Waals surface area contributed by atoms with E-state index in [1.807, 2.05) is 18.2 Å². The van der Waals surface area contributed by atoms with Crippen molar-refractivity contribution in [2.24, 2.45) is 0 Å². The molecule has 2 aromatic rings. The highest BCUT2D eigenvalue weighted by molar-refractivity contribution is 5.94. The normalized spacial score (nSPS) is 15.2. The van der Waals surface area contributed by atoms with E-state index in [1.165, 1.54) is 0 Å². The molecule has 0 spiro atoms. The summed E-state index contributed by atoms with van der Waals surface area (Å²) >= 11 is 0. The van der Waals surface area contributed by atoms with Crippen LogP contribution in [0.3, 0.4) is 0 Å². The molecule has 0 bridgehead atoms. The minimum atomic E-state index is -0.969. The van der Waals surface area contributed by atoms with Crippen molar-refractivity contribution < 1.29 is 19.2 Å². The molecule has 0 saturated heterocycles. The maximum atomic E-state index is 12.6. The fraction of sp³-hybridized carbons (Fsp3) is 0.389. The van der Waals surface area contributed by atoms with Gasteiger partial charge in [-0.1, -0.05) is 41.9 Å². The second kappa shape index (κ2) is 7.29. The van der Waals surface area contributed by atoms with E-state index in [4.69, 9.17) is 9.63 Å². The van der Waals surface area contributed by atoms with Gasteiger partial charge in [0.2, 0.25) is 0 Å². The van der Waals surface area contributed by atoms with Crippen molar-refractivity contribution in [3.63, 3.8) is 0 Å². The third-order valence-corrected chi connectivity index (χ3v) is 4.30. The number of carbonyl (C=O) groups is 2. The molecule has 1 aromatic carbocycles. The quantitative estimate of drug-likeness (QED) is 0.823. The van der Waals surface area contributed by atoms with Gasteiger partial charge in [0.05, 0.1) is 12.5 Å². The summed E-state index contributed by atoms with van der Waals surface area (Å²) in [6.45, 7) is 0. The fourth-order valence-corrected chi connectivity index (χ4v) is 3.08. The summed E-state index contributed by atoms with van der Waals surface area (Å²) < 4.78 is 5.33. The fourth-order valence-electron chi connectivity index (χ4n) is 3.08. The lowest BCUT2D eigenvalue weighted by Crippen LogP contribution is -2.31. The molecule has 1 unspecified atom stereocenters. The maximum absolute atomic E-state index is 12.6. The van der Waals surface area contributed by atoms with Crippen LogP contribution in [0.25, 0.3) is 0 Å². The Morgan fingerprint density at radius 2 is 1.92 bits per heavy atom. The van der Waals surface area contributed by atoms with Crippen LogP contribution in [-0.4, -0.2) is 22.1 Å². The third kappa shape index (κ3) is 3.64. The standard InChI is InChI=1S/C18H20N2O4/c21-16(22)11-14(12-7-3-1-4-8-12)19-18(23)17-13-9-5-2-6-10-15(13)24-20-17/h1,3-4,7-8,14H,2,5-6,9-11H2,(H,19,23)(H,21,22). The van der Waals surface area contributed by atoms with Crippen LogP contribution >= 0.6 is 0 Å². The predicted molar refractivity (Wildman–Crippen MR) is 86.7 cm³/mol. The number of amides is 1. The summed E-state index contributed by atoms with van der Waals surface area (Å²) in [6, 6.07) is 8.49. The Hall–Kier alpha value is -2.63. The summed E-state index contributed by atoms with van der Waals surface area (Å²) in [7, 11) is 0. The monoisotopic (exact) mass is 328 g/mol. The van der Waals surface area contributed by atoms with Gasteiger partial charge >= 0.3 is 5.97 Å². The molecule has 6 heteroatoms. The molecule has 0 fully saturated rings. The number of nitrogens with one attached hydrogen (secondary N) is 1. The number of carboxylic acid groups (broad SMARTS) is 1. The van der Waals surface area contributed by atoms with E-state index in [2.05, 4.69) is 10.5 Å². The van der Waals surface area contributed by atoms with Crippen LogP contribution in [0, 0.1) is 0 Å². The molecule has 0 saturated carbocycles. The van der Waals surface area contributed by atoms with Gasteiger partial charge in [0.25, 0.3) is 5.91 Å². The molecule has 0 radical (unpaired) electrons. The molecule has 126 valence electrons. The molecule has 0 aliphatic heterocycles. The average Bonchev–Trinajstić information content (AvgIpc) is 2.83. The van der Waals surface area contributed by atoms with E-state index in [0.717, 1.165) is 49.0 Å². The van der Waals surface area contributed by atoms with Crippen molar-refractivity contribution in [1.82, 2.24) is 10.5 Å². The Morgan fingerprint density at radius 3 is 2.67 bits per heavy atom. The van der Waals surface area contributed by atoms with Gasteiger partial charge in [0.1, 0.15) is 5.76 Å². The highest BCUT2D eigenvalue weighted by Gasteiger charge is 2.26. The van der Waals surface area contributed by atoms with Crippen molar-refractivity contribution in [3.8, 4) is 0 Å². The first kappa shape index (κ1) is 16.2. The van der Waals surface area contributed by atoms with Crippen LogP contribution in [0.5, 0.6) is 0 Å². The number of nitrogens with zero attached hydrogens (tertiary/aromatic N) is 1. The molecule has 1 amide bonds. The maximum Gasteiger partial charge on any atom is 0.305 e. The van der Waals surface area contributed by atoms with Crippen molar-refractivity contribution in [3.05, 3.63) is 52.9 Å². The average molecular weight is 328 g/mol. The summed E-state index contributed by atoms with van der Waals surface area (Å²) in [5, 5.41) is 15.9. The van der Waals surface area contributed by atoms with Gasteiger partial charge in [-0.3, -0.25) is 9.59 Å². The smallest absolute Gasteiger partial charge is 0.305 e. The molecule has 1 aromatic heterocycles. The Balaban J connectivity index is 1.81. The lowest BCUT2D eigenvalue weighted by molar-refractivity contribution is -0.137. The lowest BCUT2D eigenvalue weighted by atomic mass is 10.0. The van der Waals surface area contributed by atoms with Crippen LogP contribution in [-0.2, 0) is 17.6 Å². The van der Waals surface area contributed by atoms with Gasteiger partial charge in [-0.15, -0.1) is 0 Å². The number of hydrogen-bond donors (Lipinski definition) is 2. The van der Waals surface area contributed by atoms with Crippen molar-refractivity contribution in [1.29, 1.82) is 0 Å². The van der Waals surface area contributed by atoms with Crippen LogP contribution < -0.4 is 5.32 Å². The van der Waals surface area contributed by atoms with Crippen molar-refractivity contribution in [2.45, 2.75) is 44.6 Å². The Bertz CT molecular complexity index is 724. The number of benzene rings is 1.